The Bertz CT molecular complexity index is 370. The van der Waals surface area contributed by atoms with Gasteiger partial charge >= 0.3 is 0 Å². The summed E-state index contributed by atoms with van der Waals surface area (Å²) in [5.74, 6) is 0. The third kappa shape index (κ3) is 4.04. The van der Waals surface area contributed by atoms with E-state index in [2.05, 4.69) is 16.8 Å². The van der Waals surface area contributed by atoms with Crippen molar-refractivity contribution in [2.45, 2.75) is 25.9 Å². The normalized spacial score (nSPS) is 12.8. The number of hydrogen-bond acceptors (Lipinski definition) is 3. The Morgan fingerprint density at radius 1 is 1.69 bits per heavy atom. The van der Waals surface area contributed by atoms with Gasteiger partial charge in [-0.05, 0) is 25.6 Å². The second-order valence-electron chi connectivity index (χ2n) is 3.90. The van der Waals surface area contributed by atoms with Gasteiger partial charge in [0, 0.05) is 31.4 Å². The van der Waals surface area contributed by atoms with E-state index in [1.165, 1.54) is 0 Å². The first-order chi connectivity index (χ1) is 7.50. The maximum absolute atomic E-state index is 6.04. The summed E-state index contributed by atoms with van der Waals surface area (Å²) in [5.41, 5.74) is 6.59. The van der Waals surface area contributed by atoms with Gasteiger partial charge in [-0.2, -0.15) is 0 Å². The highest BCUT2D eigenvalue weighted by atomic mass is 35.5. The van der Waals surface area contributed by atoms with Gasteiger partial charge in [0.2, 0.25) is 0 Å². The second kappa shape index (κ2) is 6.13. The molecule has 2 N–H and O–H groups in total. The van der Waals surface area contributed by atoms with Gasteiger partial charge in [-0.3, -0.25) is 9.88 Å². The Balaban J connectivity index is 2.60. The van der Waals surface area contributed by atoms with E-state index < -0.39 is 0 Å². The van der Waals surface area contributed by atoms with Gasteiger partial charge in [0.1, 0.15) is 0 Å². The third-order valence-electron chi connectivity index (χ3n) is 2.53. The number of nitrogens with two attached hydrogens (primary N) is 1. The van der Waals surface area contributed by atoms with Crippen molar-refractivity contribution in [3.05, 3.63) is 29.0 Å². The van der Waals surface area contributed by atoms with Crippen LogP contribution < -0.4 is 5.73 Å². The summed E-state index contributed by atoms with van der Waals surface area (Å²) in [7, 11) is 2.03. The molecule has 0 aliphatic rings. The molecule has 16 heavy (non-hydrogen) atoms. The molecule has 1 aromatic rings. The number of thiocarbonyl (C=S) groups is 1. The van der Waals surface area contributed by atoms with Crippen LogP contribution in [0.2, 0.25) is 5.02 Å². The molecule has 0 radical (unpaired) electrons. The summed E-state index contributed by atoms with van der Waals surface area (Å²) < 4.78 is 0. The van der Waals surface area contributed by atoms with Crippen LogP contribution in [0.5, 0.6) is 0 Å². The molecule has 0 aromatic carbocycles. The van der Waals surface area contributed by atoms with Gasteiger partial charge in [0.25, 0.3) is 0 Å². The Kier molecular flexibility index (Phi) is 5.12. The van der Waals surface area contributed by atoms with Crippen LogP contribution in [0.1, 0.15) is 18.9 Å². The molecule has 1 aromatic heterocycles. The van der Waals surface area contributed by atoms with Gasteiger partial charge in [0.15, 0.2) is 0 Å². The van der Waals surface area contributed by atoms with E-state index in [0.29, 0.717) is 22.5 Å². The molecule has 0 spiro atoms. The average molecular weight is 258 g/mol. The molecule has 88 valence electrons. The van der Waals surface area contributed by atoms with Crippen LogP contribution in [0, 0.1) is 0 Å². The number of halogens is 1. The largest absolute Gasteiger partial charge is 0.393 e. The fourth-order valence-corrected chi connectivity index (χ4v) is 1.82. The Morgan fingerprint density at radius 2 is 2.38 bits per heavy atom. The van der Waals surface area contributed by atoms with Crippen molar-refractivity contribution in [2.24, 2.45) is 5.73 Å². The maximum atomic E-state index is 6.04. The third-order valence-corrected chi connectivity index (χ3v) is 3.03. The topological polar surface area (TPSA) is 42.1 Å². The lowest BCUT2D eigenvalue weighted by Gasteiger charge is -2.24. The summed E-state index contributed by atoms with van der Waals surface area (Å²) in [4.78, 5) is 6.66. The summed E-state index contributed by atoms with van der Waals surface area (Å²) >= 11 is 10.9. The smallest absolute Gasteiger partial charge is 0.0742 e. The van der Waals surface area contributed by atoms with Gasteiger partial charge in [-0.25, -0.2) is 0 Å². The highest BCUT2D eigenvalue weighted by molar-refractivity contribution is 7.80. The average Bonchev–Trinajstić information content (AvgIpc) is 2.20. The van der Waals surface area contributed by atoms with E-state index in [1.54, 1.807) is 12.4 Å². The van der Waals surface area contributed by atoms with E-state index in [4.69, 9.17) is 29.6 Å². The van der Waals surface area contributed by atoms with Gasteiger partial charge in [-0.15, -0.1) is 0 Å². The number of rotatable bonds is 5. The van der Waals surface area contributed by atoms with Crippen molar-refractivity contribution in [1.29, 1.82) is 0 Å². The summed E-state index contributed by atoms with van der Waals surface area (Å²) in [6, 6.07) is 2.23. The quantitative estimate of drug-likeness (QED) is 0.822. The predicted molar refractivity (Wildman–Crippen MR) is 71.6 cm³/mol. The SMILES string of the molecule is CC(CC(N)=S)N(C)Cc1ccncc1Cl. The molecule has 1 unspecified atom stereocenters. The monoisotopic (exact) mass is 257 g/mol. The van der Waals surface area contributed by atoms with E-state index >= 15 is 0 Å². The molecular formula is C11H16ClN3S. The van der Waals surface area contributed by atoms with Gasteiger partial charge in [0.05, 0.1) is 10.0 Å². The van der Waals surface area contributed by atoms with E-state index in [9.17, 15) is 0 Å². The van der Waals surface area contributed by atoms with E-state index in [1.807, 2.05) is 13.1 Å². The molecule has 0 amide bonds. The Morgan fingerprint density at radius 3 is 2.94 bits per heavy atom. The molecule has 0 aliphatic heterocycles. The minimum absolute atomic E-state index is 0.307. The zero-order chi connectivity index (χ0) is 12.1. The lowest BCUT2D eigenvalue weighted by atomic mass is 10.2. The number of nitrogens with zero attached hydrogens (tertiary/aromatic N) is 2. The first kappa shape index (κ1) is 13.4. The van der Waals surface area contributed by atoms with Crippen molar-refractivity contribution in [2.75, 3.05) is 7.05 Å². The zero-order valence-electron chi connectivity index (χ0n) is 9.48. The summed E-state index contributed by atoms with van der Waals surface area (Å²) in [5, 5.41) is 0.692. The predicted octanol–water partition coefficient (Wildman–Crippen LogP) is 2.23. The summed E-state index contributed by atoms with van der Waals surface area (Å²) in [6.45, 7) is 2.86. The number of hydrogen-bond donors (Lipinski definition) is 1. The molecule has 0 aliphatic carbocycles. The summed E-state index contributed by atoms with van der Waals surface area (Å²) in [6.07, 6.45) is 4.12. The molecule has 0 fully saturated rings. The van der Waals surface area contributed by atoms with Crippen molar-refractivity contribution < 1.29 is 0 Å². The van der Waals surface area contributed by atoms with Crippen LogP contribution in [0.4, 0.5) is 0 Å². The van der Waals surface area contributed by atoms with Crippen molar-refractivity contribution >= 4 is 28.8 Å². The molecule has 5 heteroatoms. The standard InChI is InChI=1S/C11H16ClN3S/c1-8(5-11(13)16)15(2)7-9-3-4-14-6-10(9)12/h3-4,6,8H,5,7H2,1-2H3,(H2,13,16). The van der Waals surface area contributed by atoms with E-state index in [0.717, 1.165) is 12.1 Å². The first-order valence-corrected chi connectivity index (χ1v) is 5.86. The number of pyridine rings is 1. The molecule has 0 bridgehead atoms. The lowest BCUT2D eigenvalue weighted by molar-refractivity contribution is 0.255. The van der Waals surface area contributed by atoms with Gasteiger partial charge < -0.3 is 5.73 Å². The molecule has 0 saturated carbocycles. The van der Waals surface area contributed by atoms with Crippen LogP contribution in [0.3, 0.4) is 0 Å². The van der Waals surface area contributed by atoms with Crippen LogP contribution >= 0.6 is 23.8 Å². The van der Waals surface area contributed by atoms with Crippen LogP contribution in [-0.4, -0.2) is 28.0 Å². The second-order valence-corrected chi connectivity index (χ2v) is 4.83. The highest BCUT2D eigenvalue weighted by Gasteiger charge is 2.11. The first-order valence-electron chi connectivity index (χ1n) is 5.07. The molecule has 1 heterocycles. The Hall–Kier alpha value is -0.710. The molecule has 0 saturated heterocycles. The van der Waals surface area contributed by atoms with Crippen molar-refractivity contribution in [3.63, 3.8) is 0 Å². The van der Waals surface area contributed by atoms with Crippen LogP contribution in [-0.2, 0) is 6.54 Å². The maximum Gasteiger partial charge on any atom is 0.0742 e. The molecule has 1 rings (SSSR count). The minimum Gasteiger partial charge on any atom is -0.393 e. The van der Waals surface area contributed by atoms with Crippen molar-refractivity contribution in [1.82, 2.24) is 9.88 Å². The van der Waals surface area contributed by atoms with E-state index in [-0.39, 0.29) is 0 Å². The zero-order valence-corrected chi connectivity index (χ0v) is 11.1. The molecule has 1 atom stereocenters. The minimum atomic E-state index is 0.307. The Labute approximate surface area is 107 Å². The van der Waals surface area contributed by atoms with Crippen LogP contribution in [0.15, 0.2) is 18.5 Å². The fourth-order valence-electron chi connectivity index (χ4n) is 1.40. The lowest BCUT2D eigenvalue weighted by Crippen LogP contribution is -2.32. The number of aromatic nitrogens is 1. The highest BCUT2D eigenvalue weighted by Crippen LogP contribution is 2.16. The molecule has 3 nitrogen and oxygen atoms in total. The van der Waals surface area contributed by atoms with Crippen molar-refractivity contribution in [3.8, 4) is 0 Å². The van der Waals surface area contributed by atoms with Crippen LogP contribution in [0.25, 0.3) is 0 Å². The molecular weight excluding hydrogens is 242 g/mol. The van der Waals surface area contributed by atoms with Gasteiger partial charge in [-0.1, -0.05) is 23.8 Å². The fraction of sp³-hybridized carbons (Fsp3) is 0.455.